The monoisotopic (exact) mass is 198 g/mol. The van der Waals surface area contributed by atoms with Gasteiger partial charge in [0, 0.05) is 18.6 Å². The maximum Gasteiger partial charge on any atom is 0.0220 e. The van der Waals surface area contributed by atoms with Crippen LogP contribution in [-0.2, 0) is 0 Å². The van der Waals surface area contributed by atoms with Crippen molar-refractivity contribution in [2.45, 2.75) is 58.5 Å². The van der Waals surface area contributed by atoms with Gasteiger partial charge in [0.2, 0.25) is 0 Å². The average molecular weight is 198 g/mol. The summed E-state index contributed by atoms with van der Waals surface area (Å²) < 4.78 is 0. The van der Waals surface area contributed by atoms with E-state index in [-0.39, 0.29) is 0 Å². The summed E-state index contributed by atoms with van der Waals surface area (Å²) in [7, 11) is 0. The summed E-state index contributed by atoms with van der Waals surface area (Å²) in [6.45, 7) is 10.4. The van der Waals surface area contributed by atoms with E-state index in [0.717, 1.165) is 25.2 Å². The van der Waals surface area contributed by atoms with Crippen LogP contribution >= 0.6 is 0 Å². The fraction of sp³-hybridized carbons (Fsp3) is 1.00. The van der Waals surface area contributed by atoms with Gasteiger partial charge < -0.3 is 5.32 Å². The Kier molecular flexibility index (Phi) is 5.49. The first-order valence-electron chi connectivity index (χ1n) is 6.26. The van der Waals surface area contributed by atoms with E-state index in [1.807, 2.05) is 0 Å². The van der Waals surface area contributed by atoms with Crippen LogP contribution in [0.5, 0.6) is 0 Å². The van der Waals surface area contributed by atoms with Crippen LogP contribution in [0.4, 0.5) is 0 Å². The second kappa shape index (κ2) is 6.41. The molecule has 2 heteroatoms. The van der Waals surface area contributed by atoms with Crippen molar-refractivity contribution in [2.24, 2.45) is 0 Å². The molecule has 0 amide bonds. The number of hydrogen-bond donors (Lipinski definition) is 1. The largest absolute Gasteiger partial charge is 0.315 e. The standard InChI is InChI=1S/C12H26N2/c1-4-12(10-13-5-2)14-9-7-6-8-11(14)3/h11-13H,4-10H2,1-3H3. The van der Waals surface area contributed by atoms with Gasteiger partial charge in [-0.25, -0.2) is 0 Å². The van der Waals surface area contributed by atoms with Crippen LogP contribution in [0.1, 0.15) is 46.5 Å². The van der Waals surface area contributed by atoms with Crippen LogP contribution < -0.4 is 5.32 Å². The van der Waals surface area contributed by atoms with Gasteiger partial charge in [-0.3, -0.25) is 4.90 Å². The summed E-state index contributed by atoms with van der Waals surface area (Å²) in [5, 5.41) is 3.48. The molecule has 0 aromatic rings. The molecule has 0 aromatic carbocycles. The van der Waals surface area contributed by atoms with Gasteiger partial charge in [0.25, 0.3) is 0 Å². The van der Waals surface area contributed by atoms with Crippen molar-refractivity contribution in [3.63, 3.8) is 0 Å². The molecule has 1 N–H and O–H groups in total. The number of likely N-dealkylation sites (tertiary alicyclic amines) is 1. The highest BCUT2D eigenvalue weighted by Gasteiger charge is 2.24. The average Bonchev–Trinajstić information content (AvgIpc) is 2.21. The Morgan fingerprint density at radius 1 is 1.36 bits per heavy atom. The molecule has 1 aliphatic rings. The smallest absolute Gasteiger partial charge is 0.0220 e. The molecule has 2 nitrogen and oxygen atoms in total. The minimum atomic E-state index is 0.755. The number of likely N-dealkylation sites (N-methyl/N-ethyl adjacent to an activating group) is 1. The van der Waals surface area contributed by atoms with Crippen molar-refractivity contribution in [1.29, 1.82) is 0 Å². The Labute approximate surface area is 89.1 Å². The molecular weight excluding hydrogens is 172 g/mol. The normalized spacial score (nSPS) is 26.4. The summed E-state index contributed by atoms with van der Waals surface area (Å²) >= 11 is 0. The van der Waals surface area contributed by atoms with Gasteiger partial charge in [0.05, 0.1) is 0 Å². The molecule has 1 rings (SSSR count). The molecule has 0 spiro atoms. The van der Waals surface area contributed by atoms with Crippen molar-refractivity contribution in [3.8, 4) is 0 Å². The van der Waals surface area contributed by atoms with E-state index in [1.165, 1.54) is 32.2 Å². The molecule has 2 atom stereocenters. The lowest BCUT2D eigenvalue weighted by Crippen LogP contribution is -2.48. The van der Waals surface area contributed by atoms with Crippen LogP contribution in [0.3, 0.4) is 0 Å². The van der Waals surface area contributed by atoms with E-state index < -0.39 is 0 Å². The first-order valence-corrected chi connectivity index (χ1v) is 6.26. The van der Waals surface area contributed by atoms with Crippen molar-refractivity contribution >= 4 is 0 Å². The van der Waals surface area contributed by atoms with Gasteiger partial charge >= 0.3 is 0 Å². The second-order valence-electron chi connectivity index (χ2n) is 4.45. The summed E-state index contributed by atoms with van der Waals surface area (Å²) in [6, 6.07) is 1.55. The molecule has 14 heavy (non-hydrogen) atoms. The molecular formula is C12H26N2. The van der Waals surface area contributed by atoms with Crippen LogP contribution in [0.25, 0.3) is 0 Å². The zero-order valence-electron chi connectivity index (χ0n) is 10.1. The van der Waals surface area contributed by atoms with Crippen LogP contribution in [-0.4, -0.2) is 36.6 Å². The van der Waals surface area contributed by atoms with Crippen molar-refractivity contribution in [2.75, 3.05) is 19.6 Å². The number of nitrogens with zero attached hydrogens (tertiary/aromatic N) is 1. The highest BCUT2D eigenvalue weighted by Crippen LogP contribution is 2.20. The van der Waals surface area contributed by atoms with Gasteiger partial charge in [0.1, 0.15) is 0 Å². The maximum absolute atomic E-state index is 3.48. The van der Waals surface area contributed by atoms with Gasteiger partial charge in [-0.05, 0) is 39.3 Å². The lowest BCUT2D eigenvalue weighted by molar-refractivity contribution is 0.101. The fourth-order valence-corrected chi connectivity index (χ4v) is 2.47. The molecule has 1 heterocycles. The zero-order valence-corrected chi connectivity index (χ0v) is 10.1. The van der Waals surface area contributed by atoms with Crippen molar-refractivity contribution in [3.05, 3.63) is 0 Å². The molecule has 0 aromatic heterocycles. The Bertz CT molecular complexity index is 147. The van der Waals surface area contributed by atoms with Gasteiger partial charge in [-0.15, -0.1) is 0 Å². The Morgan fingerprint density at radius 3 is 2.71 bits per heavy atom. The molecule has 0 bridgehead atoms. The molecule has 84 valence electrons. The third-order valence-corrected chi connectivity index (χ3v) is 3.42. The number of nitrogens with one attached hydrogen (secondary N) is 1. The summed E-state index contributed by atoms with van der Waals surface area (Å²) in [5.41, 5.74) is 0. The second-order valence-corrected chi connectivity index (χ2v) is 4.45. The van der Waals surface area contributed by atoms with E-state index >= 15 is 0 Å². The third-order valence-electron chi connectivity index (χ3n) is 3.42. The lowest BCUT2D eigenvalue weighted by Gasteiger charge is -2.39. The predicted octanol–water partition coefficient (Wildman–Crippen LogP) is 2.25. The minimum Gasteiger partial charge on any atom is -0.315 e. The fourth-order valence-electron chi connectivity index (χ4n) is 2.47. The number of rotatable bonds is 5. The molecule has 1 saturated heterocycles. The van der Waals surface area contributed by atoms with Crippen LogP contribution in [0, 0.1) is 0 Å². The molecule has 0 saturated carbocycles. The molecule has 0 radical (unpaired) electrons. The third kappa shape index (κ3) is 3.25. The molecule has 1 fully saturated rings. The van der Waals surface area contributed by atoms with E-state index in [4.69, 9.17) is 0 Å². The quantitative estimate of drug-likeness (QED) is 0.729. The van der Waals surface area contributed by atoms with E-state index in [2.05, 4.69) is 31.0 Å². The first-order chi connectivity index (χ1) is 6.79. The van der Waals surface area contributed by atoms with Crippen LogP contribution in [0.15, 0.2) is 0 Å². The maximum atomic E-state index is 3.48. The van der Waals surface area contributed by atoms with Crippen molar-refractivity contribution in [1.82, 2.24) is 10.2 Å². The van der Waals surface area contributed by atoms with Gasteiger partial charge in [0.15, 0.2) is 0 Å². The summed E-state index contributed by atoms with van der Waals surface area (Å²) in [4.78, 5) is 2.70. The Hall–Kier alpha value is -0.0800. The highest BCUT2D eigenvalue weighted by atomic mass is 15.2. The van der Waals surface area contributed by atoms with Gasteiger partial charge in [-0.1, -0.05) is 20.3 Å². The highest BCUT2D eigenvalue weighted by molar-refractivity contribution is 4.80. The van der Waals surface area contributed by atoms with Crippen LogP contribution in [0.2, 0.25) is 0 Å². The van der Waals surface area contributed by atoms with E-state index in [1.54, 1.807) is 0 Å². The SMILES string of the molecule is CCNCC(CC)N1CCCCC1C. The molecule has 2 unspecified atom stereocenters. The molecule has 0 aliphatic carbocycles. The summed E-state index contributed by atoms with van der Waals surface area (Å²) in [5.74, 6) is 0. The number of hydrogen-bond acceptors (Lipinski definition) is 2. The van der Waals surface area contributed by atoms with Crippen molar-refractivity contribution < 1.29 is 0 Å². The first kappa shape index (κ1) is 12.0. The minimum absolute atomic E-state index is 0.755. The Morgan fingerprint density at radius 2 is 2.14 bits per heavy atom. The number of piperidine rings is 1. The van der Waals surface area contributed by atoms with Gasteiger partial charge in [-0.2, -0.15) is 0 Å². The zero-order chi connectivity index (χ0) is 10.4. The topological polar surface area (TPSA) is 15.3 Å². The Balaban J connectivity index is 2.40. The lowest BCUT2D eigenvalue weighted by atomic mass is 10.00. The summed E-state index contributed by atoms with van der Waals surface area (Å²) in [6.07, 6.45) is 5.49. The predicted molar refractivity (Wildman–Crippen MR) is 62.6 cm³/mol. The van der Waals surface area contributed by atoms with E-state index in [0.29, 0.717) is 0 Å². The van der Waals surface area contributed by atoms with E-state index in [9.17, 15) is 0 Å². The molecule has 1 aliphatic heterocycles.